The number of cyclic esters (lactones) is 1. The minimum absolute atomic E-state index is 0.00890. The van der Waals surface area contributed by atoms with Crippen LogP contribution in [0, 0.1) is 0 Å². The molecule has 0 bridgehead atoms. The molecule has 2 N–H and O–H groups in total. The SMILES string of the molecule is COC(=O)c1ccc(CN2C(=O)OC[C@H]2C(=O)NCCc2cnc[nH]2)cc1. The number of hydrogen-bond acceptors (Lipinski definition) is 6. The summed E-state index contributed by atoms with van der Waals surface area (Å²) in [5.74, 6) is -0.705. The van der Waals surface area contributed by atoms with Gasteiger partial charge >= 0.3 is 12.1 Å². The zero-order chi connectivity index (χ0) is 19.2. The van der Waals surface area contributed by atoms with Crippen LogP contribution in [0.3, 0.4) is 0 Å². The van der Waals surface area contributed by atoms with E-state index < -0.39 is 18.1 Å². The summed E-state index contributed by atoms with van der Waals surface area (Å²) in [6.45, 7) is 0.640. The summed E-state index contributed by atoms with van der Waals surface area (Å²) in [5.41, 5.74) is 2.10. The van der Waals surface area contributed by atoms with Crippen LogP contribution in [0.5, 0.6) is 0 Å². The lowest BCUT2D eigenvalue weighted by molar-refractivity contribution is -0.124. The smallest absolute Gasteiger partial charge is 0.410 e. The molecule has 1 saturated heterocycles. The van der Waals surface area contributed by atoms with Gasteiger partial charge in [-0.05, 0) is 17.7 Å². The average Bonchev–Trinajstić information content (AvgIpc) is 3.32. The number of H-pyrrole nitrogens is 1. The summed E-state index contributed by atoms with van der Waals surface area (Å²) in [4.78, 5) is 44.2. The number of benzene rings is 1. The maximum Gasteiger partial charge on any atom is 0.410 e. The van der Waals surface area contributed by atoms with E-state index in [1.165, 1.54) is 12.0 Å². The van der Waals surface area contributed by atoms with Gasteiger partial charge in [-0.1, -0.05) is 12.1 Å². The molecule has 0 aliphatic carbocycles. The van der Waals surface area contributed by atoms with Crippen molar-refractivity contribution >= 4 is 18.0 Å². The van der Waals surface area contributed by atoms with Gasteiger partial charge in [-0.15, -0.1) is 0 Å². The highest BCUT2D eigenvalue weighted by Crippen LogP contribution is 2.17. The number of aromatic nitrogens is 2. The van der Waals surface area contributed by atoms with Crippen LogP contribution in [0.4, 0.5) is 4.79 Å². The number of rotatable bonds is 7. The molecule has 0 saturated carbocycles. The van der Waals surface area contributed by atoms with Crippen LogP contribution in [0.2, 0.25) is 0 Å². The highest BCUT2D eigenvalue weighted by molar-refractivity contribution is 5.89. The van der Waals surface area contributed by atoms with Crippen LogP contribution >= 0.6 is 0 Å². The van der Waals surface area contributed by atoms with Crippen molar-refractivity contribution in [3.05, 3.63) is 53.6 Å². The van der Waals surface area contributed by atoms with E-state index in [4.69, 9.17) is 4.74 Å². The molecule has 1 aromatic carbocycles. The summed E-state index contributed by atoms with van der Waals surface area (Å²) in [7, 11) is 1.31. The van der Waals surface area contributed by atoms with Gasteiger partial charge in [0.15, 0.2) is 0 Å². The molecule has 9 heteroatoms. The van der Waals surface area contributed by atoms with E-state index in [-0.39, 0.29) is 19.1 Å². The number of esters is 1. The Bertz CT molecular complexity index is 804. The first-order valence-corrected chi connectivity index (χ1v) is 8.44. The van der Waals surface area contributed by atoms with Gasteiger partial charge in [0.05, 0.1) is 25.5 Å². The van der Waals surface area contributed by atoms with Crippen molar-refractivity contribution in [2.24, 2.45) is 0 Å². The molecule has 0 spiro atoms. The minimum Gasteiger partial charge on any atom is -0.465 e. The van der Waals surface area contributed by atoms with Crippen molar-refractivity contribution in [1.29, 1.82) is 0 Å². The number of hydrogen-bond donors (Lipinski definition) is 2. The molecule has 2 heterocycles. The van der Waals surface area contributed by atoms with E-state index in [0.717, 1.165) is 11.3 Å². The molecule has 1 aliphatic heterocycles. The van der Waals surface area contributed by atoms with Crippen LogP contribution in [0.15, 0.2) is 36.8 Å². The Labute approximate surface area is 155 Å². The molecule has 0 radical (unpaired) electrons. The molecule has 0 unspecified atom stereocenters. The molecule has 27 heavy (non-hydrogen) atoms. The molecule has 3 rings (SSSR count). The maximum absolute atomic E-state index is 12.4. The van der Waals surface area contributed by atoms with Crippen molar-refractivity contribution in [2.45, 2.75) is 19.0 Å². The van der Waals surface area contributed by atoms with Gasteiger partial charge in [-0.25, -0.2) is 14.6 Å². The molecule has 1 aromatic heterocycles. The fourth-order valence-corrected chi connectivity index (χ4v) is 2.76. The lowest BCUT2D eigenvalue weighted by Gasteiger charge is -2.21. The van der Waals surface area contributed by atoms with Crippen molar-refractivity contribution in [3.8, 4) is 0 Å². The van der Waals surface area contributed by atoms with Crippen LogP contribution in [0.25, 0.3) is 0 Å². The number of methoxy groups -OCH3 is 1. The third-order valence-electron chi connectivity index (χ3n) is 4.25. The van der Waals surface area contributed by atoms with Gasteiger partial charge in [0.25, 0.3) is 0 Å². The minimum atomic E-state index is -0.695. The Morgan fingerprint density at radius 3 is 2.81 bits per heavy atom. The Morgan fingerprint density at radius 1 is 1.37 bits per heavy atom. The largest absolute Gasteiger partial charge is 0.465 e. The zero-order valence-corrected chi connectivity index (χ0v) is 14.8. The van der Waals surface area contributed by atoms with E-state index in [0.29, 0.717) is 18.5 Å². The summed E-state index contributed by atoms with van der Waals surface area (Å²) in [5, 5.41) is 2.81. The molecule has 1 aliphatic rings. The first-order chi connectivity index (χ1) is 13.1. The van der Waals surface area contributed by atoms with Crippen LogP contribution < -0.4 is 5.32 Å². The van der Waals surface area contributed by atoms with Crippen LogP contribution in [0.1, 0.15) is 21.6 Å². The molecular weight excluding hydrogens is 352 g/mol. The Balaban J connectivity index is 1.58. The molecule has 9 nitrogen and oxygen atoms in total. The number of imidazole rings is 1. The highest BCUT2D eigenvalue weighted by Gasteiger charge is 2.37. The first-order valence-electron chi connectivity index (χ1n) is 8.44. The van der Waals surface area contributed by atoms with E-state index in [2.05, 4.69) is 20.0 Å². The average molecular weight is 372 g/mol. The Kier molecular flexibility index (Phi) is 5.70. The van der Waals surface area contributed by atoms with Crippen molar-refractivity contribution in [3.63, 3.8) is 0 Å². The van der Waals surface area contributed by atoms with Gasteiger partial charge in [0, 0.05) is 24.9 Å². The molecule has 2 amide bonds. The van der Waals surface area contributed by atoms with Gasteiger partial charge in [0.2, 0.25) is 5.91 Å². The Morgan fingerprint density at radius 2 is 2.15 bits per heavy atom. The first kappa shape index (κ1) is 18.4. The quantitative estimate of drug-likeness (QED) is 0.698. The molecular formula is C18H20N4O5. The normalized spacial score (nSPS) is 16.1. The molecule has 1 atom stereocenters. The summed E-state index contributed by atoms with van der Waals surface area (Å²) < 4.78 is 9.70. The number of amides is 2. The number of carbonyl (C=O) groups is 3. The monoisotopic (exact) mass is 372 g/mol. The second-order valence-electron chi connectivity index (χ2n) is 6.03. The third kappa shape index (κ3) is 4.43. The molecule has 2 aromatic rings. The van der Waals surface area contributed by atoms with Gasteiger partial charge in [-0.2, -0.15) is 0 Å². The zero-order valence-electron chi connectivity index (χ0n) is 14.8. The number of aromatic amines is 1. The van der Waals surface area contributed by atoms with Crippen molar-refractivity contribution < 1.29 is 23.9 Å². The van der Waals surface area contributed by atoms with Gasteiger partial charge < -0.3 is 19.8 Å². The number of carbonyl (C=O) groups excluding carboxylic acids is 3. The summed E-state index contributed by atoms with van der Waals surface area (Å²) >= 11 is 0. The fourth-order valence-electron chi connectivity index (χ4n) is 2.76. The van der Waals surface area contributed by atoms with Crippen molar-refractivity contribution in [1.82, 2.24) is 20.2 Å². The lowest BCUT2D eigenvalue weighted by atomic mass is 10.1. The predicted octanol–water partition coefficient (Wildman–Crippen LogP) is 0.876. The molecule has 142 valence electrons. The lowest BCUT2D eigenvalue weighted by Crippen LogP contribution is -2.45. The topological polar surface area (TPSA) is 114 Å². The maximum atomic E-state index is 12.4. The van der Waals surface area contributed by atoms with E-state index in [1.807, 2.05) is 0 Å². The second-order valence-corrected chi connectivity index (χ2v) is 6.03. The van der Waals surface area contributed by atoms with Crippen LogP contribution in [-0.2, 0) is 27.2 Å². The number of nitrogens with one attached hydrogen (secondary N) is 2. The number of nitrogens with zero attached hydrogens (tertiary/aromatic N) is 2. The Hall–Kier alpha value is -3.36. The fraction of sp³-hybridized carbons (Fsp3) is 0.333. The van der Waals surface area contributed by atoms with E-state index in [9.17, 15) is 14.4 Å². The summed E-state index contributed by atoms with van der Waals surface area (Å²) in [6.07, 6.45) is 3.34. The summed E-state index contributed by atoms with van der Waals surface area (Å²) in [6, 6.07) is 5.96. The predicted molar refractivity (Wildman–Crippen MR) is 93.8 cm³/mol. The highest BCUT2D eigenvalue weighted by atomic mass is 16.6. The van der Waals surface area contributed by atoms with Gasteiger partial charge in [-0.3, -0.25) is 9.69 Å². The standard InChI is InChI=1S/C18H20N4O5/c1-26-17(24)13-4-2-12(3-5-13)9-22-15(10-27-18(22)25)16(23)20-7-6-14-8-19-11-21-14/h2-5,8,11,15H,6-7,9-10H2,1H3,(H,19,21)(H,20,23)/t15-/m0/s1. The van der Waals surface area contributed by atoms with Crippen LogP contribution in [-0.4, -0.2) is 59.1 Å². The number of ether oxygens (including phenoxy) is 2. The van der Waals surface area contributed by atoms with Gasteiger partial charge in [0.1, 0.15) is 12.6 Å². The van der Waals surface area contributed by atoms with E-state index in [1.54, 1.807) is 36.8 Å². The second kappa shape index (κ2) is 8.35. The third-order valence-corrected chi connectivity index (χ3v) is 4.25. The molecule has 1 fully saturated rings. The van der Waals surface area contributed by atoms with E-state index >= 15 is 0 Å². The van der Waals surface area contributed by atoms with Crippen molar-refractivity contribution in [2.75, 3.05) is 20.3 Å².